The molecule has 1 aliphatic heterocycles. The smallest absolute Gasteiger partial charge is 0.0747 e. The van der Waals surface area contributed by atoms with Gasteiger partial charge in [0.2, 0.25) is 0 Å². The Balaban J connectivity index is 1.69. The van der Waals surface area contributed by atoms with Crippen molar-refractivity contribution < 1.29 is 0 Å². The molecule has 0 unspecified atom stereocenters. The van der Waals surface area contributed by atoms with Crippen LogP contribution in [0, 0.1) is 5.92 Å². The van der Waals surface area contributed by atoms with Crippen LogP contribution in [0.1, 0.15) is 42.5 Å². The number of benzene rings is 2. The Morgan fingerprint density at radius 2 is 1.48 bits per heavy atom. The zero-order chi connectivity index (χ0) is 18.6. The molecule has 2 heterocycles. The van der Waals surface area contributed by atoms with Crippen LogP contribution in [0.5, 0.6) is 0 Å². The molecule has 0 spiro atoms. The third-order valence-electron chi connectivity index (χ3n) is 4.88. The molecular weight excluding hydrogens is 328 g/mol. The number of aliphatic imine (C=N–C) groups is 1. The number of rotatable bonds is 5. The molecular formula is C25H24N2. The molecule has 0 saturated carbocycles. The average Bonchev–Trinajstić information content (AvgIpc) is 3.15. The maximum absolute atomic E-state index is 5.05. The van der Waals surface area contributed by atoms with Crippen LogP contribution in [-0.2, 0) is 6.42 Å². The fourth-order valence-corrected chi connectivity index (χ4v) is 3.59. The Labute approximate surface area is 161 Å². The fourth-order valence-electron chi connectivity index (χ4n) is 3.59. The molecule has 0 aliphatic carbocycles. The second-order valence-corrected chi connectivity index (χ2v) is 7.46. The van der Waals surface area contributed by atoms with Crippen molar-refractivity contribution in [2.24, 2.45) is 10.9 Å². The lowest BCUT2D eigenvalue weighted by molar-refractivity contribution is 0.647. The molecule has 2 heteroatoms. The molecule has 3 aromatic rings. The normalized spacial score (nSPS) is 14.0. The average molecular weight is 352 g/mol. The summed E-state index contributed by atoms with van der Waals surface area (Å²) in [5.41, 5.74) is 8.43. The van der Waals surface area contributed by atoms with Crippen LogP contribution in [-0.4, -0.2) is 10.7 Å². The fraction of sp³-hybridized carbons (Fsp3) is 0.200. The molecule has 0 amide bonds. The predicted molar refractivity (Wildman–Crippen MR) is 114 cm³/mol. The Kier molecular flexibility index (Phi) is 4.97. The van der Waals surface area contributed by atoms with Gasteiger partial charge >= 0.3 is 0 Å². The highest BCUT2D eigenvalue weighted by atomic mass is 14.8. The van der Waals surface area contributed by atoms with Gasteiger partial charge in [0.05, 0.1) is 11.4 Å². The van der Waals surface area contributed by atoms with Gasteiger partial charge in [-0.3, -0.25) is 9.98 Å². The van der Waals surface area contributed by atoms with E-state index in [1.807, 2.05) is 18.5 Å². The second-order valence-electron chi connectivity index (χ2n) is 7.46. The molecule has 0 N–H and O–H groups in total. The van der Waals surface area contributed by atoms with Crippen molar-refractivity contribution in [3.8, 4) is 0 Å². The Morgan fingerprint density at radius 3 is 2.15 bits per heavy atom. The monoisotopic (exact) mass is 352 g/mol. The van der Waals surface area contributed by atoms with E-state index in [0.29, 0.717) is 5.92 Å². The molecule has 0 saturated heterocycles. The molecule has 0 bridgehead atoms. The number of hydrogen-bond acceptors (Lipinski definition) is 2. The standard InChI is InChI=1S/C25H24N2/c1-18(2)16-19-8-10-21(11-9-19)24-17-23(20-12-14-26-15-13-20)25(27-24)22-6-4-3-5-7-22/h3-15,18H,16-17H2,1-2H3. The van der Waals surface area contributed by atoms with Gasteiger partial charge in [-0.2, -0.15) is 0 Å². The van der Waals surface area contributed by atoms with E-state index in [4.69, 9.17) is 4.99 Å². The molecule has 1 aromatic heterocycles. The highest BCUT2D eigenvalue weighted by Gasteiger charge is 2.21. The van der Waals surface area contributed by atoms with Crippen molar-refractivity contribution in [1.29, 1.82) is 0 Å². The largest absolute Gasteiger partial charge is 0.265 e. The first-order valence-electron chi connectivity index (χ1n) is 9.56. The molecule has 0 atom stereocenters. The quantitative estimate of drug-likeness (QED) is 0.549. The molecule has 0 radical (unpaired) electrons. The number of hydrogen-bond donors (Lipinski definition) is 0. The van der Waals surface area contributed by atoms with Crippen LogP contribution in [0.15, 0.2) is 84.1 Å². The molecule has 2 nitrogen and oxygen atoms in total. The summed E-state index contributed by atoms with van der Waals surface area (Å²) >= 11 is 0. The van der Waals surface area contributed by atoms with Gasteiger partial charge in [-0.15, -0.1) is 0 Å². The van der Waals surface area contributed by atoms with Gasteiger partial charge in [-0.05, 0) is 46.7 Å². The molecule has 1 aliphatic rings. The maximum Gasteiger partial charge on any atom is 0.0747 e. The lowest BCUT2D eigenvalue weighted by Crippen LogP contribution is -2.00. The Morgan fingerprint density at radius 1 is 0.778 bits per heavy atom. The van der Waals surface area contributed by atoms with Crippen LogP contribution >= 0.6 is 0 Å². The van der Waals surface area contributed by atoms with Gasteiger partial charge in [0.25, 0.3) is 0 Å². The van der Waals surface area contributed by atoms with E-state index in [1.54, 1.807) is 0 Å². The minimum atomic E-state index is 0.671. The third-order valence-corrected chi connectivity index (χ3v) is 4.88. The third kappa shape index (κ3) is 3.90. The minimum absolute atomic E-state index is 0.671. The van der Waals surface area contributed by atoms with E-state index in [0.717, 1.165) is 29.8 Å². The van der Waals surface area contributed by atoms with Crippen molar-refractivity contribution in [2.75, 3.05) is 0 Å². The highest BCUT2D eigenvalue weighted by Crippen LogP contribution is 2.36. The number of allylic oxidation sites excluding steroid dienone is 1. The topological polar surface area (TPSA) is 25.2 Å². The van der Waals surface area contributed by atoms with Gasteiger partial charge in [0.15, 0.2) is 0 Å². The van der Waals surface area contributed by atoms with Crippen molar-refractivity contribution in [3.63, 3.8) is 0 Å². The Bertz CT molecular complexity index is 966. The summed E-state index contributed by atoms with van der Waals surface area (Å²) < 4.78 is 0. The molecule has 134 valence electrons. The molecule has 4 rings (SSSR count). The van der Waals surface area contributed by atoms with Crippen LogP contribution in [0.3, 0.4) is 0 Å². The van der Waals surface area contributed by atoms with Gasteiger partial charge in [0, 0.05) is 24.4 Å². The van der Waals surface area contributed by atoms with Crippen molar-refractivity contribution in [1.82, 2.24) is 4.98 Å². The summed E-state index contributed by atoms with van der Waals surface area (Å²) in [4.78, 5) is 9.22. The van der Waals surface area contributed by atoms with E-state index in [-0.39, 0.29) is 0 Å². The van der Waals surface area contributed by atoms with E-state index >= 15 is 0 Å². The molecule has 27 heavy (non-hydrogen) atoms. The summed E-state index contributed by atoms with van der Waals surface area (Å²) in [5.74, 6) is 0.671. The lowest BCUT2D eigenvalue weighted by Gasteiger charge is -2.07. The first kappa shape index (κ1) is 17.4. The zero-order valence-corrected chi connectivity index (χ0v) is 15.9. The lowest BCUT2D eigenvalue weighted by atomic mass is 9.95. The van der Waals surface area contributed by atoms with E-state index in [2.05, 4.69) is 79.5 Å². The number of pyridine rings is 1. The van der Waals surface area contributed by atoms with Gasteiger partial charge in [-0.1, -0.05) is 68.4 Å². The van der Waals surface area contributed by atoms with Gasteiger partial charge in [-0.25, -0.2) is 0 Å². The minimum Gasteiger partial charge on any atom is -0.265 e. The SMILES string of the molecule is CC(C)Cc1ccc(C2=NC(c3ccccc3)=C(c3ccncc3)C2)cc1. The van der Waals surface area contributed by atoms with Crippen molar-refractivity contribution >= 4 is 17.0 Å². The maximum atomic E-state index is 5.05. The number of aromatic nitrogens is 1. The van der Waals surface area contributed by atoms with Crippen molar-refractivity contribution in [3.05, 3.63) is 101 Å². The van der Waals surface area contributed by atoms with E-state index < -0.39 is 0 Å². The van der Waals surface area contributed by atoms with Crippen LogP contribution < -0.4 is 0 Å². The van der Waals surface area contributed by atoms with E-state index in [9.17, 15) is 0 Å². The van der Waals surface area contributed by atoms with Gasteiger partial charge < -0.3 is 0 Å². The summed E-state index contributed by atoms with van der Waals surface area (Å²) in [6.07, 6.45) is 5.66. The summed E-state index contributed by atoms with van der Waals surface area (Å²) in [5, 5.41) is 0. The first-order chi connectivity index (χ1) is 13.2. The zero-order valence-electron chi connectivity index (χ0n) is 15.9. The van der Waals surface area contributed by atoms with Gasteiger partial charge in [0.1, 0.15) is 0 Å². The predicted octanol–water partition coefficient (Wildman–Crippen LogP) is 6.04. The summed E-state index contributed by atoms with van der Waals surface area (Å²) in [7, 11) is 0. The van der Waals surface area contributed by atoms with Crippen LogP contribution in [0.25, 0.3) is 11.3 Å². The van der Waals surface area contributed by atoms with Crippen molar-refractivity contribution in [2.45, 2.75) is 26.7 Å². The van der Waals surface area contributed by atoms with Crippen LogP contribution in [0.4, 0.5) is 0 Å². The van der Waals surface area contributed by atoms with Crippen LogP contribution in [0.2, 0.25) is 0 Å². The summed E-state index contributed by atoms with van der Waals surface area (Å²) in [6, 6.07) is 23.5. The molecule has 2 aromatic carbocycles. The first-order valence-corrected chi connectivity index (χ1v) is 9.56. The Hall–Kier alpha value is -3.00. The van der Waals surface area contributed by atoms with E-state index in [1.165, 1.54) is 22.3 Å². The number of nitrogens with zero attached hydrogens (tertiary/aromatic N) is 2. The highest BCUT2D eigenvalue weighted by molar-refractivity contribution is 6.16. The summed E-state index contributed by atoms with van der Waals surface area (Å²) in [6.45, 7) is 4.51. The second kappa shape index (κ2) is 7.71. The molecule has 0 fully saturated rings.